The molecule has 32 heavy (non-hydrogen) atoms. The first-order chi connectivity index (χ1) is 15.5. The van der Waals surface area contributed by atoms with Crippen molar-refractivity contribution in [1.29, 1.82) is 0 Å². The molecule has 1 amide bonds. The number of ether oxygens (including phenoxy) is 1. The molecular weight excluding hydrogens is 467 g/mol. The summed E-state index contributed by atoms with van der Waals surface area (Å²) in [6.07, 6.45) is 1.73. The molecule has 0 spiro atoms. The van der Waals surface area contributed by atoms with E-state index in [1.54, 1.807) is 18.2 Å². The molecule has 1 heterocycles. The lowest BCUT2D eigenvalue weighted by atomic mass is 9.96. The summed E-state index contributed by atoms with van der Waals surface area (Å²) in [5.74, 6) is 1.02. The van der Waals surface area contributed by atoms with Crippen LogP contribution in [0.15, 0.2) is 66.7 Å². The second kappa shape index (κ2) is 10.6. The van der Waals surface area contributed by atoms with Gasteiger partial charge in [-0.15, -0.1) is 0 Å². The Kier molecular flexibility index (Phi) is 7.59. The van der Waals surface area contributed by atoms with Gasteiger partial charge in [0.05, 0.1) is 11.6 Å². The van der Waals surface area contributed by atoms with Crippen molar-refractivity contribution in [3.8, 4) is 11.5 Å². The Morgan fingerprint density at radius 2 is 1.75 bits per heavy atom. The first-order valence-electron chi connectivity index (χ1n) is 10.5. The van der Waals surface area contributed by atoms with Gasteiger partial charge in [-0.1, -0.05) is 59.1 Å². The minimum Gasteiger partial charge on any atom is -0.455 e. The number of rotatable bonds is 6. The van der Waals surface area contributed by atoms with Crippen LogP contribution in [0.2, 0.25) is 15.1 Å². The number of piperidine rings is 1. The first kappa shape index (κ1) is 22.9. The third-order valence-electron chi connectivity index (χ3n) is 5.49. The molecule has 1 aliphatic heterocycles. The molecule has 0 saturated carbocycles. The maximum Gasteiger partial charge on any atom is 0.228 e. The molecule has 3 aromatic rings. The van der Waals surface area contributed by atoms with E-state index in [0.29, 0.717) is 45.3 Å². The topological polar surface area (TPSA) is 41.6 Å². The van der Waals surface area contributed by atoms with Crippen LogP contribution >= 0.6 is 34.8 Å². The van der Waals surface area contributed by atoms with Gasteiger partial charge in [-0.05, 0) is 61.9 Å². The number of nitrogens with zero attached hydrogens (tertiary/aromatic N) is 1. The highest BCUT2D eigenvalue weighted by atomic mass is 35.5. The number of halogens is 3. The fourth-order valence-electron chi connectivity index (χ4n) is 3.86. The van der Waals surface area contributed by atoms with Crippen molar-refractivity contribution in [2.45, 2.75) is 19.4 Å². The molecule has 4 rings (SSSR count). The molecule has 0 bridgehead atoms. The molecule has 0 aromatic heterocycles. The van der Waals surface area contributed by atoms with E-state index in [1.807, 2.05) is 48.5 Å². The maximum atomic E-state index is 13.1. The fraction of sp³-hybridized carbons (Fsp3) is 0.240. The standard InChI is InChI=1S/C25H23Cl3N2O2/c26-18-11-12-24(32-19-7-2-1-3-8-19)23(14-18)29-25(31)17-6-5-13-30(15-17)16-20-21(27)9-4-10-22(20)28/h1-4,7-12,14,17H,5-6,13,15-16H2,(H,29,31)/t17-/m0/s1. The minimum atomic E-state index is -0.159. The van der Waals surface area contributed by atoms with Crippen LogP contribution in [0, 0.1) is 5.92 Å². The molecule has 0 radical (unpaired) electrons. The Hall–Kier alpha value is -2.24. The largest absolute Gasteiger partial charge is 0.455 e. The van der Waals surface area contributed by atoms with Crippen LogP contribution in [0.1, 0.15) is 18.4 Å². The van der Waals surface area contributed by atoms with E-state index in [2.05, 4.69) is 10.2 Å². The fourth-order valence-corrected chi connectivity index (χ4v) is 4.55. The number of carbonyl (C=O) groups is 1. The van der Waals surface area contributed by atoms with E-state index in [9.17, 15) is 4.79 Å². The summed E-state index contributed by atoms with van der Waals surface area (Å²) in [4.78, 5) is 15.3. The third kappa shape index (κ3) is 5.76. The number of hydrogen-bond donors (Lipinski definition) is 1. The second-order valence-corrected chi connectivity index (χ2v) is 9.07. The van der Waals surface area contributed by atoms with Crippen LogP contribution in [-0.2, 0) is 11.3 Å². The lowest BCUT2D eigenvalue weighted by Crippen LogP contribution is -2.40. The van der Waals surface area contributed by atoms with Crippen LogP contribution in [-0.4, -0.2) is 23.9 Å². The Morgan fingerprint density at radius 1 is 1.00 bits per heavy atom. The number of anilines is 1. The summed E-state index contributed by atoms with van der Waals surface area (Å²) in [5.41, 5.74) is 1.45. The van der Waals surface area contributed by atoms with Crippen LogP contribution < -0.4 is 10.1 Å². The lowest BCUT2D eigenvalue weighted by Gasteiger charge is -2.32. The Bertz CT molecular complexity index is 1070. The summed E-state index contributed by atoms with van der Waals surface area (Å²) >= 11 is 18.9. The number of amides is 1. The molecule has 0 unspecified atom stereocenters. The van der Waals surface area contributed by atoms with Gasteiger partial charge >= 0.3 is 0 Å². The zero-order valence-electron chi connectivity index (χ0n) is 17.4. The summed E-state index contributed by atoms with van der Waals surface area (Å²) in [7, 11) is 0. The highest BCUT2D eigenvalue weighted by Gasteiger charge is 2.27. The molecule has 0 aliphatic carbocycles. The summed E-state index contributed by atoms with van der Waals surface area (Å²) in [6.45, 7) is 2.13. The Balaban J connectivity index is 1.45. The van der Waals surface area contributed by atoms with Gasteiger partial charge < -0.3 is 10.1 Å². The SMILES string of the molecule is O=C(Nc1cc(Cl)ccc1Oc1ccccc1)[C@H]1CCCN(Cc2c(Cl)cccc2Cl)C1. The molecule has 4 nitrogen and oxygen atoms in total. The third-order valence-corrected chi connectivity index (χ3v) is 6.43. The lowest BCUT2D eigenvalue weighted by molar-refractivity contribution is -0.121. The van der Waals surface area contributed by atoms with Crippen molar-refractivity contribution < 1.29 is 9.53 Å². The Labute approximate surface area is 203 Å². The number of carbonyl (C=O) groups excluding carboxylic acids is 1. The van der Waals surface area contributed by atoms with E-state index in [0.717, 1.165) is 24.9 Å². The van der Waals surface area contributed by atoms with Crippen LogP contribution in [0.3, 0.4) is 0 Å². The minimum absolute atomic E-state index is 0.0554. The van der Waals surface area contributed by atoms with Crippen LogP contribution in [0.5, 0.6) is 11.5 Å². The van der Waals surface area contributed by atoms with Gasteiger partial charge in [-0.3, -0.25) is 9.69 Å². The predicted molar refractivity (Wildman–Crippen MR) is 131 cm³/mol. The van der Waals surface area contributed by atoms with Crippen molar-refractivity contribution >= 4 is 46.4 Å². The number of likely N-dealkylation sites (tertiary alicyclic amines) is 1. The maximum absolute atomic E-state index is 13.1. The van der Waals surface area contributed by atoms with E-state index < -0.39 is 0 Å². The smallest absolute Gasteiger partial charge is 0.228 e. The molecular formula is C25H23Cl3N2O2. The number of hydrogen-bond acceptors (Lipinski definition) is 3. The van der Waals surface area contributed by atoms with Crippen molar-refractivity contribution in [3.63, 3.8) is 0 Å². The normalized spacial score (nSPS) is 16.5. The zero-order chi connectivity index (χ0) is 22.5. The highest BCUT2D eigenvalue weighted by Crippen LogP contribution is 2.33. The van der Waals surface area contributed by atoms with Crippen molar-refractivity contribution in [3.05, 3.63) is 87.4 Å². The van der Waals surface area contributed by atoms with Gasteiger partial charge in [0.15, 0.2) is 5.75 Å². The summed E-state index contributed by atoms with van der Waals surface area (Å²) in [5, 5.41) is 4.84. The van der Waals surface area contributed by atoms with Crippen LogP contribution in [0.4, 0.5) is 5.69 Å². The van der Waals surface area contributed by atoms with E-state index in [4.69, 9.17) is 39.5 Å². The van der Waals surface area contributed by atoms with Gasteiger partial charge in [-0.2, -0.15) is 0 Å². The predicted octanol–water partition coefficient (Wildman–Crippen LogP) is 7.29. The van der Waals surface area contributed by atoms with E-state index in [-0.39, 0.29) is 11.8 Å². The number of para-hydroxylation sites is 1. The second-order valence-electron chi connectivity index (χ2n) is 7.82. The molecule has 1 saturated heterocycles. The first-order valence-corrected chi connectivity index (χ1v) is 11.6. The molecule has 1 N–H and O–H groups in total. The van der Waals surface area contributed by atoms with Gasteiger partial charge in [0.2, 0.25) is 5.91 Å². The van der Waals surface area contributed by atoms with Gasteiger partial charge in [-0.25, -0.2) is 0 Å². The number of benzene rings is 3. The summed E-state index contributed by atoms with van der Waals surface area (Å²) in [6, 6.07) is 20.1. The molecule has 7 heteroatoms. The number of nitrogens with one attached hydrogen (secondary N) is 1. The highest BCUT2D eigenvalue weighted by molar-refractivity contribution is 6.36. The van der Waals surface area contributed by atoms with Crippen molar-refractivity contribution in [1.82, 2.24) is 4.90 Å². The molecule has 3 aromatic carbocycles. The molecule has 1 fully saturated rings. The Morgan fingerprint density at radius 3 is 2.50 bits per heavy atom. The molecule has 1 aliphatic rings. The van der Waals surface area contributed by atoms with E-state index >= 15 is 0 Å². The van der Waals surface area contributed by atoms with Gasteiger partial charge in [0.25, 0.3) is 0 Å². The van der Waals surface area contributed by atoms with Crippen LogP contribution in [0.25, 0.3) is 0 Å². The van der Waals surface area contributed by atoms with Crippen molar-refractivity contribution in [2.24, 2.45) is 5.92 Å². The molecule has 166 valence electrons. The monoisotopic (exact) mass is 488 g/mol. The van der Waals surface area contributed by atoms with Gasteiger partial charge in [0, 0.05) is 33.7 Å². The zero-order valence-corrected chi connectivity index (χ0v) is 19.6. The van der Waals surface area contributed by atoms with E-state index in [1.165, 1.54) is 0 Å². The average Bonchev–Trinajstić information content (AvgIpc) is 2.79. The van der Waals surface area contributed by atoms with Gasteiger partial charge in [0.1, 0.15) is 5.75 Å². The average molecular weight is 490 g/mol. The molecule has 1 atom stereocenters. The summed E-state index contributed by atoms with van der Waals surface area (Å²) < 4.78 is 5.97. The van der Waals surface area contributed by atoms with Crippen molar-refractivity contribution in [2.75, 3.05) is 18.4 Å². The quantitative estimate of drug-likeness (QED) is 0.395.